The lowest BCUT2D eigenvalue weighted by molar-refractivity contribution is 0.0709. The standard InChI is InChI=1S/C12H21N5/c1-2-14-17(3-1)9-6-15-4-7-16(8-5-15)12-10-13-11-12/h1-3,12-13H,4-11H2. The number of hydrogen-bond acceptors (Lipinski definition) is 4. The van der Waals surface area contributed by atoms with Crippen molar-refractivity contribution in [2.75, 3.05) is 45.8 Å². The van der Waals surface area contributed by atoms with Gasteiger partial charge in [0.15, 0.2) is 0 Å². The Kier molecular flexibility index (Phi) is 3.40. The third kappa shape index (κ3) is 2.68. The van der Waals surface area contributed by atoms with Crippen molar-refractivity contribution in [2.24, 2.45) is 0 Å². The molecule has 2 aliphatic heterocycles. The number of aromatic nitrogens is 2. The molecule has 0 aliphatic carbocycles. The van der Waals surface area contributed by atoms with Gasteiger partial charge in [-0.2, -0.15) is 5.10 Å². The SMILES string of the molecule is c1cnn(CCN2CCN(C3CNC3)CC2)c1. The Hall–Kier alpha value is -0.910. The fraction of sp³-hybridized carbons (Fsp3) is 0.750. The smallest absolute Gasteiger partial charge is 0.0536 e. The molecule has 2 saturated heterocycles. The van der Waals surface area contributed by atoms with E-state index in [-0.39, 0.29) is 0 Å². The van der Waals surface area contributed by atoms with Crippen LogP contribution in [0.1, 0.15) is 0 Å². The van der Waals surface area contributed by atoms with Crippen molar-refractivity contribution in [1.82, 2.24) is 24.9 Å². The summed E-state index contributed by atoms with van der Waals surface area (Å²) < 4.78 is 2.02. The van der Waals surface area contributed by atoms with Crippen LogP contribution in [0.5, 0.6) is 0 Å². The van der Waals surface area contributed by atoms with Gasteiger partial charge in [-0.1, -0.05) is 0 Å². The predicted octanol–water partition coefficient (Wildman–Crippen LogP) is -0.527. The molecule has 0 bridgehead atoms. The highest BCUT2D eigenvalue weighted by atomic mass is 15.3. The monoisotopic (exact) mass is 235 g/mol. The van der Waals surface area contributed by atoms with Crippen molar-refractivity contribution < 1.29 is 0 Å². The minimum atomic E-state index is 0.809. The van der Waals surface area contributed by atoms with Gasteiger partial charge in [-0.15, -0.1) is 0 Å². The molecule has 3 heterocycles. The molecule has 1 N–H and O–H groups in total. The quantitative estimate of drug-likeness (QED) is 0.761. The zero-order valence-electron chi connectivity index (χ0n) is 10.3. The van der Waals surface area contributed by atoms with Crippen molar-refractivity contribution in [2.45, 2.75) is 12.6 Å². The Bertz CT molecular complexity index is 325. The molecule has 2 aliphatic rings. The van der Waals surface area contributed by atoms with E-state index in [1.165, 1.54) is 39.3 Å². The lowest BCUT2D eigenvalue weighted by Gasteiger charge is -2.43. The van der Waals surface area contributed by atoms with E-state index in [0.29, 0.717) is 0 Å². The van der Waals surface area contributed by atoms with Crippen LogP contribution < -0.4 is 5.32 Å². The van der Waals surface area contributed by atoms with E-state index < -0.39 is 0 Å². The lowest BCUT2D eigenvalue weighted by atomic mass is 10.1. The number of nitrogens with one attached hydrogen (secondary N) is 1. The first-order valence-electron chi connectivity index (χ1n) is 6.56. The van der Waals surface area contributed by atoms with Gasteiger partial charge in [-0.25, -0.2) is 0 Å². The number of rotatable bonds is 4. The molecule has 2 fully saturated rings. The van der Waals surface area contributed by atoms with Crippen molar-refractivity contribution >= 4 is 0 Å². The van der Waals surface area contributed by atoms with E-state index in [0.717, 1.165) is 19.1 Å². The fourth-order valence-corrected chi connectivity index (χ4v) is 2.56. The highest BCUT2D eigenvalue weighted by Crippen LogP contribution is 2.09. The van der Waals surface area contributed by atoms with Gasteiger partial charge in [0.2, 0.25) is 0 Å². The van der Waals surface area contributed by atoms with Crippen LogP contribution in [-0.4, -0.2) is 71.4 Å². The van der Waals surface area contributed by atoms with Crippen LogP contribution in [-0.2, 0) is 6.54 Å². The second kappa shape index (κ2) is 5.16. The topological polar surface area (TPSA) is 36.3 Å². The summed E-state index contributed by atoms with van der Waals surface area (Å²) in [6.45, 7) is 9.38. The molecule has 0 amide bonds. The Labute approximate surface area is 102 Å². The average molecular weight is 235 g/mol. The molecular weight excluding hydrogens is 214 g/mol. The zero-order valence-corrected chi connectivity index (χ0v) is 10.3. The van der Waals surface area contributed by atoms with Crippen molar-refractivity contribution in [3.63, 3.8) is 0 Å². The predicted molar refractivity (Wildman–Crippen MR) is 66.9 cm³/mol. The molecule has 0 aromatic carbocycles. The van der Waals surface area contributed by atoms with Crippen LogP contribution in [0.3, 0.4) is 0 Å². The summed E-state index contributed by atoms with van der Waals surface area (Å²) in [5.74, 6) is 0. The Balaban J connectivity index is 1.39. The molecule has 0 saturated carbocycles. The fourth-order valence-electron chi connectivity index (χ4n) is 2.56. The normalized spacial score (nSPS) is 23.8. The van der Waals surface area contributed by atoms with E-state index in [1.54, 1.807) is 0 Å². The molecule has 0 unspecified atom stereocenters. The van der Waals surface area contributed by atoms with Crippen molar-refractivity contribution in [3.05, 3.63) is 18.5 Å². The van der Waals surface area contributed by atoms with Crippen molar-refractivity contribution in [3.8, 4) is 0 Å². The Morgan fingerprint density at radius 3 is 2.53 bits per heavy atom. The summed E-state index contributed by atoms with van der Waals surface area (Å²) in [7, 11) is 0. The summed E-state index contributed by atoms with van der Waals surface area (Å²) in [6.07, 6.45) is 3.89. The van der Waals surface area contributed by atoms with Gasteiger partial charge in [0, 0.05) is 64.2 Å². The summed E-state index contributed by atoms with van der Waals surface area (Å²) in [5, 5.41) is 7.58. The molecule has 1 aromatic rings. The van der Waals surface area contributed by atoms with E-state index in [9.17, 15) is 0 Å². The first-order chi connectivity index (χ1) is 8.42. The molecule has 5 heteroatoms. The first kappa shape index (κ1) is 11.2. The second-order valence-corrected chi connectivity index (χ2v) is 4.96. The van der Waals surface area contributed by atoms with Gasteiger partial charge in [0.25, 0.3) is 0 Å². The van der Waals surface area contributed by atoms with Gasteiger partial charge < -0.3 is 5.32 Å². The molecule has 1 aromatic heterocycles. The Morgan fingerprint density at radius 1 is 1.12 bits per heavy atom. The molecule has 94 valence electrons. The second-order valence-electron chi connectivity index (χ2n) is 4.96. The van der Waals surface area contributed by atoms with Crippen LogP contribution in [0.4, 0.5) is 0 Å². The maximum absolute atomic E-state index is 4.24. The molecular formula is C12H21N5. The van der Waals surface area contributed by atoms with Crippen LogP contribution in [0.15, 0.2) is 18.5 Å². The zero-order chi connectivity index (χ0) is 11.5. The average Bonchev–Trinajstić information content (AvgIpc) is 2.79. The van der Waals surface area contributed by atoms with E-state index in [1.807, 2.05) is 23.1 Å². The summed E-state index contributed by atoms with van der Waals surface area (Å²) in [5.41, 5.74) is 0. The molecule has 3 rings (SSSR count). The van der Waals surface area contributed by atoms with Gasteiger partial charge in [0.05, 0.1) is 6.54 Å². The third-order valence-corrected chi connectivity index (χ3v) is 3.89. The van der Waals surface area contributed by atoms with Gasteiger partial charge in [-0.3, -0.25) is 14.5 Å². The maximum Gasteiger partial charge on any atom is 0.0536 e. The van der Waals surface area contributed by atoms with Crippen LogP contribution in [0.2, 0.25) is 0 Å². The number of hydrogen-bond donors (Lipinski definition) is 1. The Morgan fingerprint density at radius 2 is 1.94 bits per heavy atom. The highest BCUT2D eigenvalue weighted by molar-refractivity contribution is 4.87. The molecule has 0 spiro atoms. The molecule has 17 heavy (non-hydrogen) atoms. The highest BCUT2D eigenvalue weighted by Gasteiger charge is 2.27. The summed E-state index contributed by atoms with van der Waals surface area (Å²) in [6, 6.07) is 2.80. The minimum absolute atomic E-state index is 0.809. The van der Waals surface area contributed by atoms with E-state index in [2.05, 4.69) is 20.2 Å². The van der Waals surface area contributed by atoms with Crippen LogP contribution in [0, 0.1) is 0 Å². The molecule has 5 nitrogen and oxygen atoms in total. The van der Waals surface area contributed by atoms with Gasteiger partial charge in [0.1, 0.15) is 0 Å². The van der Waals surface area contributed by atoms with Crippen LogP contribution >= 0.6 is 0 Å². The number of piperazine rings is 1. The van der Waals surface area contributed by atoms with Gasteiger partial charge in [-0.05, 0) is 6.07 Å². The van der Waals surface area contributed by atoms with Crippen molar-refractivity contribution in [1.29, 1.82) is 0 Å². The summed E-state index contributed by atoms with van der Waals surface area (Å²) >= 11 is 0. The third-order valence-electron chi connectivity index (χ3n) is 3.89. The largest absolute Gasteiger partial charge is 0.314 e. The van der Waals surface area contributed by atoms with Gasteiger partial charge >= 0.3 is 0 Å². The minimum Gasteiger partial charge on any atom is -0.314 e. The van der Waals surface area contributed by atoms with E-state index >= 15 is 0 Å². The number of nitrogens with zero attached hydrogens (tertiary/aromatic N) is 4. The maximum atomic E-state index is 4.24. The lowest BCUT2D eigenvalue weighted by Crippen LogP contribution is -2.61. The molecule has 0 atom stereocenters. The molecule has 0 radical (unpaired) electrons. The van der Waals surface area contributed by atoms with E-state index in [4.69, 9.17) is 0 Å². The van der Waals surface area contributed by atoms with Crippen LogP contribution in [0.25, 0.3) is 0 Å². The first-order valence-corrected chi connectivity index (χ1v) is 6.56. The summed E-state index contributed by atoms with van der Waals surface area (Å²) in [4.78, 5) is 5.17.